The van der Waals surface area contributed by atoms with Crippen molar-refractivity contribution in [1.29, 1.82) is 0 Å². The van der Waals surface area contributed by atoms with Gasteiger partial charge in [0.05, 0.1) is 42.7 Å². The molecule has 1 N–H and O–H groups in total. The van der Waals surface area contributed by atoms with Gasteiger partial charge in [-0.05, 0) is 43.2 Å². The van der Waals surface area contributed by atoms with Crippen LogP contribution in [0.1, 0.15) is 48.8 Å². The topological polar surface area (TPSA) is 81.4 Å². The van der Waals surface area contributed by atoms with Gasteiger partial charge in [0.2, 0.25) is 0 Å². The van der Waals surface area contributed by atoms with Gasteiger partial charge < -0.3 is 19.5 Å². The first kappa shape index (κ1) is 24.4. The molecular weight excluding hydrogens is 466 g/mol. The van der Waals surface area contributed by atoms with Crippen LogP contribution in [0.5, 0.6) is 0 Å². The van der Waals surface area contributed by atoms with Gasteiger partial charge in [0.1, 0.15) is 5.82 Å². The molecular formula is C29H31N5O3. The quantitative estimate of drug-likeness (QED) is 0.372. The Labute approximate surface area is 216 Å². The zero-order valence-electron chi connectivity index (χ0n) is 21.1. The number of carbonyl (C=O) groups is 2. The van der Waals surface area contributed by atoms with Gasteiger partial charge in [-0.15, -0.1) is 0 Å². The highest BCUT2D eigenvalue weighted by Gasteiger charge is 2.36. The monoisotopic (exact) mass is 497 g/mol. The smallest absolute Gasteiger partial charge is 0.318 e. The fraction of sp³-hybridized carbons (Fsp3) is 0.276. The summed E-state index contributed by atoms with van der Waals surface area (Å²) in [6.45, 7) is 4.74. The van der Waals surface area contributed by atoms with Crippen LogP contribution in [0.15, 0.2) is 79.0 Å². The molecule has 3 heterocycles. The van der Waals surface area contributed by atoms with E-state index in [-0.39, 0.29) is 31.0 Å². The molecule has 0 radical (unpaired) electrons. The number of amides is 2. The highest BCUT2D eigenvalue weighted by molar-refractivity contribution is 5.77. The number of nitrogens with zero attached hydrogens (tertiary/aromatic N) is 4. The number of hydrogen-bond acceptors (Lipinski definition) is 4. The fourth-order valence-electron chi connectivity index (χ4n) is 4.94. The number of urea groups is 1. The van der Waals surface area contributed by atoms with Gasteiger partial charge in [-0.1, -0.05) is 55.5 Å². The molecule has 0 saturated heterocycles. The first-order valence-corrected chi connectivity index (χ1v) is 12.7. The van der Waals surface area contributed by atoms with Crippen molar-refractivity contribution in [2.45, 2.75) is 39.3 Å². The van der Waals surface area contributed by atoms with Gasteiger partial charge >= 0.3 is 12.0 Å². The second-order valence-corrected chi connectivity index (χ2v) is 8.88. The molecule has 2 amide bonds. The Hall–Kier alpha value is -4.33. The average molecular weight is 498 g/mol. The van der Waals surface area contributed by atoms with E-state index in [0.717, 1.165) is 40.4 Å². The Bertz CT molecular complexity index is 1380. The standard InChI is InChI=1S/C29H31N5O3/c1-3-24-23-20-33(29(36)30-18-17-26(35)37-4-2)27(21-12-7-5-8-13-21)25-16-11-19-32(25)28(23)34(31-24)22-14-9-6-10-15-22/h5-16,19,27H,3-4,17-18,20H2,1-2H3,(H,30,36)/t27-/m1/s1. The van der Waals surface area contributed by atoms with Crippen molar-refractivity contribution < 1.29 is 14.3 Å². The van der Waals surface area contributed by atoms with Gasteiger partial charge in [-0.3, -0.25) is 4.79 Å². The molecule has 4 aromatic rings. The first-order valence-electron chi connectivity index (χ1n) is 12.7. The molecule has 190 valence electrons. The minimum atomic E-state index is -0.333. The Morgan fingerprint density at radius 1 is 1.00 bits per heavy atom. The first-order chi connectivity index (χ1) is 18.1. The highest BCUT2D eigenvalue weighted by atomic mass is 16.5. The Balaban J connectivity index is 1.61. The van der Waals surface area contributed by atoms with E-state index >= 15 is 0 Å². The lowest BCUT2D eigenvalue weighted by atomic mass is 10.0. The largest absolute Gasteiger partial charge is 0.466 e. The summed E-state index contributed by atoms with van der Waals surface area (Å²) in [5, 5.41) is 7.92. The molecule has 5 rings (SSSR count). The Morgan fingerprint density at radius 3 is 2.43 bits per heavy atom. The average Bonchev–Trinajstić information content (AvgIpc) is 3.51. The van der Waals surface area contributed by atoms with Crippen LogP contribution >= 0.6 is 0 Å². The Morgan fingerprint density at radius 2 is 1.73 bits per heavy atom. The molecule has 37 heavy (non-hydrogen) atoms. The third kappa shape index (κ3) is 4.74. The number of aromatic nitrogens is 3. The number of esters is 1. The number of benzene rings is 2. The van der Waals surface area contributed by atoms with Crippen LogP contribution in [0.25, 0.3) is 11.5 Å². The minimum absolute atomic E-state index is 0.122. The maximum Gasteiger partial charge on any atom is 0.318 e. The minimum Gasteiger partial charge on any atom is -0.466 e. The number of rotatable bonds is 7. The molecule has 8 heteroatoms. The zero-order valence-corrected chi connectivity index (χ0v) is 21.1. The highest BCUT2D eigenvalue weighted by Crippen LogP contribution is 2.38. The predicted octanol–water partition coefficient (Wildman–Crippen LogP) is 4.79. The molecule has 0 saturated carbocycles. The summed E-state index contributed by atoms with van der Waals surface area (Å²) in [5.41, 5.74) is 4.87. The second-order valence-electron chi connectivity index (χ2n) is 8.88. The summed E-state index contributed by atoms with van der Waals surface area (Å²) in [4.78, 5) is 27.4. The Kier molecular flexibility index (Phi) is 7.07. The molecule has 0 aliphatic carbocycles. The summed E-state index contributed by atoms with van der Waals surface area (Å²) < 4.78 is 9.14. The van der Waals surface area contributed by atoms with Gasteiger partial charge in [0, 0.05) is 18.3 Å². The number of carbonyl (C=O) groups excluding carboxylic acids is 2. The number of nitrogens with one attached hydrogen (secondary N) is 1. The van der Waals surface area contributed by atoms with Crippen molar-refractivity contribution in [2.24, 2.45) is 0 Å². The summed E-state index contributed by atoms with van der Waals surface area (Å²) >= 11 is 0. The lowest BCUT2D eigenvalue weighted by Crippen LogP contribution is -2.42. The van der Waals surface area contributed by atoms with Gasteiger partial charge in [-0.2, -0.15) is 5.10 Å². The van der Waals surface area contributed by atoms with E-state index in [4.69, 9.17) is 9.84 Å². The maximum atomic E-state index is 13.7. The summed E-state index contributed by atoms with van der Waals surface area (Å²) in [6.07, 6.45) is 2.89. The molecule has 0 spiro atoms. The molecule has 0 bridgehead atoms. The maximum absolute atomic E-state index is 13.7. The van der Waals surface area contributed by atoms with E-state index in [1.165, 1.54) is 0 Å². The molecule has 2 aromatic carbocycles. The molecule has 0 fully saturated rings. The van der Waals surface area contributed by atoms with Crippen LogP contribution in [0.3, 0.4) is 0 Å². The number of ether oxygens (including phenoxy) is 1. The van der Waals surface area contributed by atoms with E-state index in [1.807, 2.05) is 82.5 Å². The van der Waals surface area contributed by atoms with Crippen molar-refractivity contribution >= 4 is 12.0 Å². The van der Waals surface area contributed by atoms with Gasteiger partial charge in [0.15, 0.2) is 0 Å². The van der Waals surface area contributed by atoms with Crippen LogP contribution in [-0.4, -0.2) is 44.4 Å². The predicted molar refractivity (Wildman–Crippen MR) is 141 cm³/mol. The SMILES string of the molecule is CCOC(=O)CCNC(=O)N1Cc2c(CC)nn(-c3ccccc3)c2-n2cccc2[C@H]1c1ccccc1. The molecule has 1 aliphatic heterocycles. The van der Waals surface area contributed by atoms with Crippen LogP contribution < -0.4 is 5.32 Å². The van der Waals surface area contributed by atoms with E-state index in [0.29, 0.717) is 13.2 Å². The van der Waals surface area contributed by atoms with E-state index in [9.17, 15) is 9.59 Å². The van der Waals surface area contributed by atoms with E-state index in [1.54, 1.807) is 6.92 Å². The van der Waals surface area contributed by atoms with Gasteiger partial charge in [-0.25, -0.2) is 9.48 Å². The van der Waals surface area contributed by atoms with Crippen molar-refractivity contribution in [3.8, 4) is 11.5 Å². The van der Waals surface area contributed by atoms with Crippen LogP contribution in [0.4, 0.5) is 4.79 Å². The summed E-state index contributed by atoms with van der Waals surface area (Å²) in [6, 6.07) is 23.6. The third-order valence-corrected chi connectivity index (χ3v) is 6.59. The van der Waals surface area contributed by atoms with Crippen molar-refractivity contribution in [3.63, 3.8) is 0 Å². The summed E-state index contributed by atoms with van der Waals surface area (Å²) in [5.74, 6) is 0.609. The van der Waals surface area contributed by atoms with Gasteiger partial charge in [0.25, 0.3) is 0 Å². The molecule has 1 aliphatic rings. The molecule has 1 atom stereocenters. The van der Waals surface area contributed by atoms with Crippen LogP contribution in [-0.2, 0) is 22.5 Å². The van der Waals surface area contributed by atoms with Crippen molar-refractivity contribution in [1.82, 2.24) is 24.6 Å². The number of aryl methyl sites for hydroxylation is 1. The second kappa shape index (κ2) is 10.7. The summed E-state index contributed by atoms with van der Waals surface area (Å²) in [7, 11) is 0. The number of hydrogen-bond donors (Lipinski definition) is 1. The fourth-order valence-corrected chi connectivity index (χ4v) is 4.94. The van der Waals surface area contributed by atoms with Crippen molar-refractivity contribution in [2.75, 3.05) is 13.2 Å². The lowest BCUT2D eigenvalue weighted by Gasteiger charge is -2.31. The number of fused-ring (bicyclic) bond motifs is 3. The molecule has 8 nitrogen and oxygen atoms in total. The van der Waals surface area contributed by atoms with Crippen LogP contribution in [0, 0.1) is 0 Å². The molecule has 2 aromatic heterocycles. The molecule has 0 unspecified atom stereocenters. The van der Waals surface area contributed by atoms with E-state index in [2.05, 4.69) is 22.9 Å². The third-order valence-electron chi connectivity index (χ3n) is 6.59. The van der Waals surface area contributed by atoms with Crippen LogP contribution in [0.2, 0.25) is 0 Å². The van der Waals surface area contributed by atoms with Crippen molar-refractivity contribution in [3.05, 3.63) is 102 Å². The zero-order chi connectivity index (χ0) is 25.8. The lowest BCUT2D eigenvalue weighted by molar-refractivity contribution is -0.142. The normalized spacial score (nSPS) is 14.4. The van der Waals surface area contributed by atoms with E-state index < -0.39 is 0 Å². The number of para-hydroxylation sites is 1.